The molecular formula is C45H33N3O5S. The van der Waals surface area contributed by atoms with Crippen LogP contribution in [0.25, 0.3) is 16.8 Å². The standard InChI is InChI=1S/C45H33N3O5S/c1-3-53-43(52)35-25(2)46-44-48(39(35)29-21-13-15-26-14-7-8-18-28(26)29)40(49)34(54-44)24-45-32-22-11-9-19-30(32)36(31-20-10-12-23-33(31)45)37-38(45)42(51)47(41(37)50)27-16-5-4-6-17-27/h4-24,36-39H,3H2,1-2H3/b34-24+/t36?,37-,38-,39+,45?/m0/s1. The van der Waals surface area contributed by atoms with Gasteiger partial charge in [-0.05, 0) is 70.6 Å². The van der Waals surface area contributed by atoms with Gasteiger partial charge in [-0.2, -0.15) is 0 Å². The fourth-order valence-corrected chi connectivity index (χ4v) is 10.8. The van der Waals surface area contributed by atoms with Crippen molar-refractivity contribution in [3.05, 3.63) is 180 Å². The van der Waals surface area contributed by atoms with Crippen molar-refractivity contribution in [1.29, 1.82) is 0 Å². The monoisotopic (exact) mass is 727 g/mol. The Balaban J connectivity index is 1.27. The van der Waals surface area contributed by atoms with E-state index in [0.717, 1.165) is 38.6 Å². The van der Waals surface area contributed by atoms with Crippen molar-refractivity contribution in [3.63, 3.8) is 0 Å². The van der Waals surface area contributed by atoms with Crippen LogP contribution in [0.4, 0.5) is 5.69 Å². The fourth-order valence-electron chi connectivity index (χ4n) is 9.69. The summed E-state index contributed by atoms with van der Waals surface area (Å²) in [6, 6.07) is 38.1. The van der Waals surface area contributed by atoms with E-state index in [2.05, 4.69) is 12.1 Å². The maximum atomic E-state index is 15.2. The quantitative estimate of drug-likeness (QED) is 0.157. The minimum atomic E-state index is -1.16. The average Bonchev–Trinajstić information content (AvgIpc) is 3.65. The zero-order valence-electron chi connectivity index (χ0n) is 29.4. The van der Waals surface area contributed by atoms with Gasteiger partial charge in [0.15, 0.2) is 4.80 Å². The molecule has 0 N–H and O–H groups in total. The number of rotatable bonds is 5. The Kier molecular flexibility index (Phi) is 7.16. The van der Waals surface area contributed by atoms with E-state index in [-0.39, 0.29) is 29.9 Å². The Hall–Kier alpha value is -6.19. The van der Waals surface area contributed by atoms with Crippen LogP contribution in [0.15, 0.2) is 142 Å². The van der Waals surface area contributed by atoms with Gasteiger partial charge in [0.1, 0.15) is 0 Å². The van der Waals surface area contributed by atoms with Gasteiger partial charge >= 0.3 is 5.97 Å². The number of thiazole rings is 1. The maximum Gasteiger partial charge on any atom is 0.338 e. The first kappa shape index (κ1) is 32.5. The van der Waals surface area contributed by atoms with E-state index in [4.69, 9.17) is 9.73 Å². The maximum absolute atomic E-state index is 15.2. The molecule has 2 amide bonds. The van der Waals surface area contributed by atoms with Crippen molar-refractivity contribution < 1.29 is 19.1 Å². The van der Waals surface area contributed by atoms with Gasteiger partial charge in [-0.1, -0.05) is 121 Å². The summed E-state index contributed by atoms with van der Waals surface area (Å²) in [5.41, 5.74) is 4.36. The van der Waals surface area contributed by atoms with E-state index >= 15 is 4.79 Å². The molecule has 1 aromatic heterocycles. The molecule has 5 aliphatic rings. The number of nitrogens with zero attached hydrogens (tertiary/aromatic N) is 3. The first-order chi connectivity index (χ1) is 26.3. The van der Waals surface area contributed by atoms with Crippen LogP contribution < -0.4 is 19.8 Å². The lowest BCUT2D eigenvalue weighted by Gasteiger charge is -2.53. The minimum Gasteiger partial charge on any atom is -0.463 e. The number of hydrogen-bond donors (Lipinski definition) is 0. The normalized spacial score (nSPS) is 23.9. The zero-order valence-corrected chi connectivity index (χ0v) is 30.2. The molecule has 0 radical (unpaired) electrons. The van der Waals surface area contributed by atoms with Gasteiger partial charge in [0.05, 0.1) is 51.4 Å². The highest BCUT2D eigenvalue weighted by Gasteiger charge is 2.67. The van der Waals surface area contributed by atoms with Gasteiger partial charge in [-0.3, -0.25) is 19.0 Å². The third kappa shape index (κ3) is 4.27. The number of fused-ring (bicyclic) bond motifs is 2. The van der Waals surface area contributed by atoms with E-state index in [0.29, 0.717) is 26.3 Å². The first-order valence-corrected chi connectivity index (χ1v) is 19.0. The molecule has 264 valence electrons. The van der Waals surface area contributed by atoms with Gasteiger partial charge in [0.25, 0.3) is 5.56 Å². The number of amides is 2. The number of ether oxygens (including phenoxy) is 1. The molecule has 1 fully saturated rings. The van der Waals surface area contributed by atoms with Gasteiger partial charge in [-0.15, -0.1) is 0 Å². The smallest absolute Gasteiger partial charge is 0.338 e. The molecule has 2 bridgehead atoms. The van der Waals surface area contributed by atoms with Gasteiger partial charge in [0, 0.05) is 5.92 Å². The predicted molar refractivity (Wildman–Crippen MR) is 207 cm³/mol. The molecule has 1 saturated heterocycles. The van der Waals surface area contributed by atoms with Crippen molar-refractivity contribution in [2.75, 3.05) is 11.5 Å². The molecule has 3 atom stereocenters. The summed E-state index contributed by atoms with van der Waals surface area (Å²) in [6.45, 7) is 3.70. The minimum absolute atomic E-state index is 0.167. The molecule has 0 saturated carbocycles. The van der Waals surface area contributed by atoms with Crippen LogP contribution in [0, 0.1) is 11.8 Å². The summed E-state index contributed by atoms with van der Waals surface area (Å²) in [4.78, 5) is 65.2. The van der Waals surface area contributed by atoms with Crippen LogP contribution in [-0.4, -0.2) is 29.0 Å². The number of imide groups is 1. The Bertz CT molecular complexity index is 2780. The number of aromatic nitrogens is 1. The lowest BCUT2D eigenvalue weighted by atomic mass is 9.47. The number of benzene rings is 5. The Labute approximate surface area is 314 Å². The number of hydrogen-bond acceptors (Lipinski definition) is 7. The summed E-state index contributed by atoms with van der Waals surface area (Å²) in [7, 11) is 0. The first-order valence-electron chi connectivity index (χ1n) is 18.1. The molecule has 2 aliphatic heterocycles. The Morgan fingerprint density at radius 1 is 0.796 bits per heavy atom. The summed E-state index contributed by atoms with van der Waals surface area (Å²) in [5, 5.41) is 1.88. The molecule has 8 nitrogen and oxygen atoms in total. The van der Waals surface area contributed by atoms with E-state index in [1.165, 1.54) is 16.2 Å². The van der Waals surface area contributed by atoms with Crippen LogP contribution in [0.5, 0.6) is 0 Å². The van der Waals surface area contributed by atoms with Crippen molar-refractivity contribution in [3.8, 4) is 0 Å². The number of allylic oxidation sites excluding steroid dienone is 1. The van der Waals surface area contributed by atoms with E-state index in [1.807, 2.05) is 103 Å². The number of esters is 1. The van der Waals surface area contributed by atoms with E-state index in [9.17, 15) is 14.4 Å². The highest BCUT2D eigenvalue weighted by Crippen LogP contribution is 2.65. The molecule has 5 aromatic carbocycles. The molecule has 0 spiro atoms. The second-order valence-corrected chi connectivity index (χ2v) is 15.3. The summed E-state index contributed by atoms with van der Waals surface area (Å²) in [6.07, 6.45) is 1.94. The molecule has 0 unspecified atom stereocenters. The van der Waals surface area contributed by atoms with Gasteiger partial charge in [0.2, 0.25) is 11.8 Å². The predicted octanol–water partition coefficient (Wildman–Crippen LogP) is 6.15. The molecule has 11 rings (SSSR count). The van der Waals surface area contributed by atoms with Crippen molar-refractivity contribution in [2.45, 2.75) is 31.2 Å². The number of carbonyl (C=O) groups excluding carboxylic acids is 3. The van der Waals surface area contributed by atoms with Crippen molar-refractivity contribution in [1.82, 2.24) is 4.57 Å². The Morgan fingerprint density at radius 2 is 1.43 bits per heavy atom. The van der Waals surface area contributed by atoms with Crippen LogP contribution in [0.1, 0.15) is 53.6 Å². The molecule has 3 aliphatic carbocycles. The SMILES string of the molecule is CCOC(=O)C1=C(C)N=c2s/c(=C/C34c5ccccc5C(c5ccccc53)[C@@H]3C(=O)N(c5ccccc5)C(=O)[C@H]34)c(=O)n2[C@@H]1c1cccc2ccccc12. The molecule has 3 heterocycles. The number of carbonyl (C=O) groups is 3. The van der Waals surface area contributed by atoms with E-state index in [1.54, 1.807) is 30.5 Å². The topological polar surface area (TPSA) is 98.0 Å². The molecule has 6 aromatic rings. The largest absolute Gasteiger partial charge is 0.463 e. The number of para-hydroxylation sites is 1. The van der Waals surface area contributed by atoms with Crippen LogP contribution in [-0.2, 0) is 24.5 Å². The van der Waals surface area contributed by atoms with Crippen LogP contribution in [0.3, 0.4) is 0 Å². The lowest BCUT2D eigenvalue weighted by Crippen LogP contribution is -2.53. The second-order valence-electron chi connectivity index (χ2n) is 14.2. The second kappa shape index (κ2) is 11.9. The van der Waals surface area contributed by atoms with Gasteiger partial charge in [-0.25, -0.2) is 14.7 Å². The van der Waals surface area contributed by atoms with Gasteiger partial charge < -0.3 is 4.74 Å². The number of anilines is 1. The molecule has 9 heteroatoms. The average molecular weight is 728 g/mol. The summed E-state index contributed by atoms with van der Waals surface area (Å²) < 4.78 is 7.56. The third-order valence-corrected chi connectivity index (χ3v) is 12.7. The summed E-state index contributed by atoms with van der Waals surface area (Å²) >= 11 is 1.24. The lowest BCUT2D eigenvalue weighted by molar-refractivity contribution is -0.139. The Morgan fingerprint density at radius 3 is 2.15 bits per heavy atom. The highest BCUT2D eigenvalue weighted by molar-refractivity contribution is 7.07. The van der Waals surface area contributed by atoms with Crippen LogP contribution >= 0.6 is 11.3 Å². The van der Waals surface area contributed by atoms with Crippen LogP contribution in [0.2, 0.25) is 0 Å². The van der Waals surface area contributed by atoms with Crippen molar-refractivity contribution >= 4 is 51.7 Å². The highest BCUT2D eigenvalue weighted by atomic mass is 32.1. The third-order valence-electron chi connectivity index (χ3n) is 11.7. The molecular weight excluding hydrogens is 695 g/mol. The van der Waals surface area contributed by atoms with Crippen molar-refractivity contribution in [2.24, 2.45) is 16.8 Å². The zero-order chi connectivity index (χ0) is 36.9. The molecule has 54 heavy (non-hydrogen) atoms. The fraction of sp³-hybridized carbons (Fsp3) is 0.178. The summed E-state index contributed by atoms with van der Waals surface area (Å²) in [5.74, 6) is -2.87. The van der Waals surface area contributed by atoms with E-state index < -0.39 is 29.3 Å².